The van der Waals surface area contributed by atoms with Crippen molar-refractivity contribution in [2.24, 2.45) is 0 Å². The lowest BCUT2D eigenvalue weighted by atomic mass is 10.3. The Kier molecular flexibility index (Phi) is 4.26. The predicted octanol–water partition coefficient (Wildman–Crippen LogP) is 3.70. The quantitative estimate of drug-likeness (QED) is 0.911. The van der Waals surface area contributed by atoms with E-state index < -0.39 is 12.8 Å². The number of thiazole rings is 1. The van der Waals surface area contributed by atoms with E-state index in [1.54, 1.807) is 29.9 Å². The zero-order valence-electron chi connectivity index (χ0n) is 9.78. The standard InChI is InChI=1S/C12H11F3N2OS/c13-12(14,15)7-18-11-4-2-1-3-10(11)17-6-9-5-16-8-19-9/h1-5,8,17H,6-7H2. The van der Waals surface area contributed by atoms with Crippen LogP contribution in [0.2, 0.25) is 0 Å². The van der Waals surface area contributed by atoms with Crippen LogP contribution >= 0.6 is 11.3 Å². The number of hydrogen-bond acceptors (Lipinski definition) is 4. The van der Waals surface area contributed by atoms with Gasteiger partial charge in [0.15, 0.2) is 6.61 Å². The average Bonchev–Trinajstić information content (AvgIpc) is 2.87. The molecule has 0 radical (unpaired) electrons. The molecule has 102 valence electrons. The molecule has 0 bridgehead atoms. The van der Waals surface area contributed by atoms with Crippen LogP contribution in [0.3, 0.4) is 0 Å². The van der Waals surface area contributed by atoms with Crippen molar-refractivity contribution in [1.82, 2.24) is 4.98 Å². The van der Waals surface area contributed by atoms with Crippen LogP contribution in [0.4, 0.5) is 18.9 Å². The van der Waals surface area contributed by atoms with Gasteiger partial charge in [-0.1, -0.05) is 12.1 Å². The maximum absolute atomic E-state index is 12.1. The number of nitrogens with zero attached hydrogens (tertiary/aromatic N) is 1. The molecule has 3 nitrogen and oxygen atoms in total. The molecule has 1 aromatic carbocycles. The number of nitrogens with one attached hydrogen (secondary N) is 1. The molecule has 0 atom stereocenters. The second-order valence-corrected chi connectivity index (χ2v) is 4.69. The van der Waals surface area contributed by atoms with E-state index in [-0.39, 0.29) is 5.75 Å². The number of rotatable bonds is 5. The van der Waals surface area contributed by atoms with Crippen LogP contribution in [0.15, 0.2) is 36.0 Å². The fraction of sp³-hybridized carbons (Fsp3) is 0.250. The molecular formula is C12H11F3N2OS. The van der Waals surface area contributed by atoms with Crippen LogP contribution < -0.4 is 10.1 Å². The van der Waals surface area contributed by atoms with Gasteiger partial charge < -0.3 is 10.1 Å². The number of alkyl halides is 3. The zero-order chi connectivity index (χ0) is 13.7. The Balaban J connectivity index is 1.99. The van der Waals surface area contributed by atoms with Crippen LogP contribution in [-0.2, 0) is 6.54 Å². The summed E-state index contributed by atoms with van der Waals surface area (Å²) in [6.45, 7) is -0.802. The molecular weight excluding hydrogens is 277 g/mol. The molecule has 1 N–H and O–H groups in total. The van der Waals surface area contributed by atoms with E-state index in [1.807, 2.05) is 0 Å². The minimum absolute atomic E-state index is 0.185. The minimum Gasteiger partial charge on any atom is -0.482 e. The summed E-state index contributed by atoms with van der Waals surface area (Å²) in [5.74, 6) is 0.185. The smallest absolute Gasteiger partial charge is 0.422 e. The Morgan fingerprint density at radius 3 is 2.74 bits per heavy atom. The summed E-state index contributed by atoms with van der Waals surface area (Å²) in [5, 5.41) is 3.03. The van der Waals surface area contributed by atoms with Gasteiger partial charge in [0, 0.05) is 11.1 Å². The van der Waals surface area contributed by atoms with E-state index in [9.17, 15) is 13.2 Å². The summed E-state index contributed by atoms with van der Waals surface area (Å²) in [5.41, 5.74) is 2.23. The third-order valence-corrected chi connectivity index (χ3v) is 2.99. The first-order valence-corrected chi connectivity index (χ1v) is 6.32. The Morgan fingerprint density at radius 2 is 2.05 bits per heavy atom. The lowest BCUT2D eigenvalue weighted by molar-refractivity contribution is -0.153. The van der Waals surface area contributed by atoms with Crippen molar-refractivity contribution in [2.75, 3.05) is 11.9 Å². The Labute approximate surface area is 112 Å². The Bertz CT molecular complexity index is 514. The molecule has 2 aromatic rings. The molecule has 0 saturated carbocycles. The second-order valence-electron chi connectivity index (χ2n) is 3.72. The van der Waals surface area contributed by atoms with Crippen molar-refractivity contribution in [3.8, 4) is 5.75 Å². The van der Waals surface area contributed by atoms with Gasteiger partial charge in [-0.2, -0.15) is 13.2 Å². The molecule has 1 aromatic heterocycles. The number of halogens is 3. The van der Waals surface area contributed by atoms with E-state index in [2.05, 4.69) is 10.3 Å². The van der Waals surface area contributed by atoms with E-state index in [0.717, 1.165) is 4.88 Å². The van der Waals surface area contributed by atoms with E-state index in [0.29, 0.717) is 12.2 Å². The maximum atomic E-state index is 12.1. The molecule has 0 unspecified atom stereocenters. The van der Waals surface area contributed by atoms with Crippen molar-refractivity contribution in [3.05, 3.63) is 40.8 Å². The van der Waals surface area contributed by atoms with Crippen molar-refractivity contribution >= 4 is 17.0 Å². The summed E-state index contributed by atoms with van der Waals surface area (Å²) in [7, 11) is 0. The van der Waals surface area contributed by atoms with Gasteiger partial charge in [-0.15, -0.1) is 11.3 Å². The maximum Gasteiger partial charge on any atom is 0.422 e. The SMILES string of the molecule is FC(F)(F)COc1ccccc1NCc1cncs1. The molecule has 0 fully saturated rings. The van der Waals surface area contributed by atoms with Crippen LogP contribution in [0.1, 0.15) is 4.88 Å². The number of anilines is 1. The van der Waals surface area contributed by atoms with Gasteiger partial charge in [0.05, 0.1) is 17.7 Å². The molecule has 2 rings (SSSR count). The highest BCUT2D eigenvalue weighted by molar-refractivity contribution is 7.09. The van der Waals surface area contributed by atoms with Crippen molar-refractivity contribution in [2.45, 2.75) is 12.7 Å². The van der Waals surface area contributed by atoms with Crippen molar-refractivity contribution in [3.63, 3.8) is 0 Å². The first-order valence-electron chi connectivity index (χ1n) is 5.44. The predicted molar refractivity (Wildman–Crippen MR) is 67.4 cm³/mol. The molecule has 0 aliphatic rings. The van der Waals surface area contributed by atoms with Gasteiger partial charge in [0.2, 0.25) is 0 Å². The highest BCUT2D eigenvalue weighted by Crippen LogP contribution is 2.26. The van der Waals surface area contributed by atoms with Gasteiger partial charge >= 0.3 is 6.18 Å². The number of benzene rings is 1. The lowest BCUT2D eigenvalue weighted by Crippen LogP contribution is -2.19. The lowest BCUT2D eigenvalue weighted by Gasteiger charge is -2.13. The molecule has 0 aliphatic heterocycles. The molecule has 0 spiro atoms. The molecule has 0 amide bonds. The average molecular weight is 288 g/mol. The van der Waals surface area contributed by atoms with Crippen LogP contribution in [0.25, 0.3) is 0 Å². The molecule has 19 heavy (non-hydrogen) atoms. The third kappa shape index (κ3) is 4.44. The Morgan fingerprint density at radius 1 is 1.26 bits per heavy atom. The third-order valence-electron chi connectivity index (χ3n) is 2.21. The van der Waals surface area contributed by atoms with E-state index in [1.165, 1.54) is 17.4 Å². The van der Waals surface area contributed by atoms with Gasteiger partial charge in [0.25, 0.3) is 0 Å². The largest absolute Gasteiger partial charge is 0.482 e. The minimum atomic E-state index is -4.34. The van der Waals surface area contributed by atoms with Gasteiger partial charge in [-0.25, -0.2) is 0 Å². The molecule has 0 saturated heterocycles. The van der Waals surface area contributed by atoms with E-state index in [4.69, 9.17) is 4.74 Å². The van der Waals surface area contributed by atoms with Gasteiger partial charge in [-0.05, 0) is 12.1 Å². The molecule has 7 heteroatoms. The summed E-state index contributed by atoms with van der Waals surface area (Å²) in [6, 6.07) is 6.53. The molecule has 0 aliphatic carbocycles. The van der Waals surface area contributed by atoms with Gasteiger partial charge in [0.1, 0.15) is 5.75 Å². The fourth-order valence-corrected chi connectivity index (χ4v) is 1.94. The summed E-state index contributed by atoms with van der Waals surface area (Å²) < 4.78 is 41.2. The van der Waals surface area contributed by atoms with Crippen molar-refractivity contribution < 1.29 is 17.9 Å². The highest BCUT2D eigenvalue weighted by atomic mass is 32.1. The monoisotopic (exact) mass is 288 g/mol. The number of ether oxygens (including phenoxy) is 1. The first-order chi connectivity index (χ1) is 9.04. The van der Waals surface area contributed by atoms with Gasteiger partial charge in [-0.3, -0.25) is 4.98 Å². The Hall–Kier alpha value is -1.76. The van der Waals surface area contributed by atoms with Crippen LogP contribution in [0.5, 0.6) is 5.75 Å². The zero-order valence-corrected chi connectivity index (χ0v) is 10.6. The van der Waals surface area contributed by atoms with E-state index >= 15 is 0 Å². The normalized spacial score (nSPS) is 11.3. The number of hydrogen-bond donors (Lipinski definition) is 1. The van der Waals surface area contributed by atoms with Crippen LogP contribution in [-0.4, -0.2) is 17.8 Å². The first kappa shape index (κ1) is 13.7. The van der Waals surface area contributed by atoms with Crippen LogP contribution in [0, 0.1) is 0 Å². The topological polar surface area (TPSA) is 34.1 Å². The fourth-order valence-electron chi connectivity index (χ4n) is 1.41. The summed E-state index contributed by atoms with van der Waals surface area (Å²) in [4.78, 5) is 4.92. The second kappa shape index (κ2) is 5.92. The summed E-state index contributed by atoms with van der Waals surface area (Å²) >= 11 is 1.47. The summed E-state index contributed by atoms with van der Waals surface area (Å²) in [6.07, 6.45) is -2.64. The molecule has 1 heterocycles. The van der Waals surface area contributed by atoms with Crippen molar-refractivity contribution in [1.29, 1.82) is 0 Å². The highest BCUT2D eigenvalue weighted by Gasteiger charge is 2.28. The number of para-hydroxylation sites is 2. The number of aromatic nitrogens is 1.